The van der Waals surface area contributed by atoms with Gasteiger partial charge in [-0.05, 0) is 13.0 Å². The third-order valence-corrected chi connectivity index (χ3v) is 2.09. The minimum Gasteiger partial charge on any atom is -0.291 e. The fraction of sp³-hybridized carbons (Fsp3) is 0.300. The Bertz CT molecular complexity index is 350. The molecule has 76 valence electrons. The second-order valence-corrected chi connectivity index (χ2v) is 3.27. The van der Waals surface area contributed by atoms with Gasteiger partial charge in [0.25, 0.3) is 0 Å². The summed E-state index contributed by atoms with van der Waals surface area (Å²) in [4.78, 5) is 10.9. The molecule has 0 bridgehead atoms. The van der Waals surface area contributed by atoms with E-state index in [-0.39, 0.29) is 5.56 Å². The van der Waals surface area contributed by atoms with Crippen LogP contribution in [0.15, 0.2) is 24.3 Å². The highest BCUT2D eigenvalue weighted by Crippen LogP contribution is 2.29. The normalized spacial score (nSPS) is 11.4. The number of hydrogen-bond donors (Lipinski definition) is 0. The number of halogens is 3. The fourth-order valence-electron chi connectivity index (χ4n) is 1.09. The molecule has 0 saturated heterocycles. The van der Waals surface area contributed by atoms with Gasteiger partial charge in [-0.15, -0.1) is 11.6 Å². The van der Waals surface area contributed by atoms with E-state index >= 15 is 0 Å². The highest BCUT2D eigenvalue weighted by atomic mass is 35.5. The summed E-state index contributed by atoms with van der Waals surface area (Å²) in [5.41, 5.74) is 0.382. The number of alkyl halides is 3. The lowest BCUT2D eigenvalue weighted by Gasteiger charge is -2.14. The molecule has 1 aromatic rings. The first-order chi connectivity index (χ1) is 6.48. The molecule has 0 aliphatic heterocycles. The van der Waals surface area contributed by atoms with Crippen molar-refractivity contribution in [3.63, 3.8) is 0 Å². The Morgan fingerprint density at radius 3 is 2.64 bits per heavy atom. The highest BCUT2D eigenvalue weighted by molar-refractivity contribution is 6.28. The maximum absolute atomic E-state index is 13.3. The summed E-state index contributed by atoms with van der Waals surface area (Å²) in [6, 6.07) is 5.67. The average Bonchev–Trinajstić information content (AvgIpc) is 2.16. The summed E-state index contributed by atoms with van der Waals surface area (Å²) in [5.74, 6) is -5.43. The number of Topliss-reactive ketones (excluding diaryl/α,β-unsaturated/α-hetero) is 1. The van der Waals surface area contributed by atoms with Gasteiger partial charge in [0.05, 0.1) is 5.88 Å². The lowest BCUT2D eigenvalue weighted by molar-refractivity contribution is -0.141. The van der Waals surface area contributed by atoms with E-state index in [2.05, 4.69) is 0 Å². The Morgan fingerprint density at radius 1 is 1.50 bits per heavy atom. The summed E-state index contributed by atoms with van der Waals surface area (Å²) in [5, 5.41) is 0. The predicted octanol–water partition coefficient (Wildman–Crippen LogP) is 2.89. The monoisotopic (exact) mass is 218 g/mol. The van der Waals surface area contributed by atoms with Gasteiger partial charge >= 0.3 is 5.92 Å². The summed E-state index contributed by atoms with van der Waals surface area (Å²) in [7, 11) is 0. The van der Waals surface area contributed by atoms with E-state index < -0.39 is 17.6 Å². The van der Waals surface area contributed by atoms with Gasteiger partial charge in [0.15, 0.2) is 0 Å². The minimum absolute atomic E-state index is 0.303. The largest absolute Gasteiger partial charge is 0.331 e. The van der Waals surface area contributed by atoms with Crippen molar-refractivity contribution in [2.45, 2.75) is 12.8 Å². The number of carbonyl (C=O) groups excluding carboxylic acids is 1. The zero-order chi connectivity index (χ0) is 10.8. The molecule has 0 heterocycles. The van der Waals surface area contributed by atoms with Crippen molar-refractivity contribution in [3.8, 4) is 0 Å². The second-order valence-electron chi connectivity index (χ2n) is 3.00. The topological polar surface area (TPSA) is 17.1 Å². The Morgan fingerprint density at radius 2 is 2.14 bits per heavy atom. The molecule has 0 aliphatic carbocycles. The van der Waals surface area contributed by atoms with Crippen molar-refractivity contribution in [2.24, 2.45) is 0 Å². The molecule has 0 aliphatic rings. The van der Waals surface area contributed by atoms with Crippen LogP contribution in [0.4, 0.5) is 8.78 Å². The van der Waals surface area contributed by atoms with Gasteiger partial charge in [0.2, 0.25) is 5.78 Å². The van der Waals surface area contributed by atoms with Crippen LogP contribution in [0.1, 0.15) is 11.1 Å². The molecular weight excluding hydrogens is 210 g/mol. The third-order valence-electron chi connectivity index (χ3n) is 1.85. The summed E-state index contributed by atoms with van der Waals surface area (Å²) < 4.78 is 26.6. The molecule has 1 rings (SSSR count). The van der Waals surface area contributed by atoms with Crippen LogP contribution in [-0.2, 0) is 10.7 Å². The summed E-state index contributed by atoms with van der Waals surface area (Å²) in [6.07, 6.45) is 0. The lowest BCUT2D eigenvalue weighted by Crippen LogP contribution is -2.27. The van der Waals surface area contributed by atoms with Gasteiger partial charge < -0.3 is 0 Å². The molecule has 0 radical (unpaired) electrons. The van der Waals surface area contributed by atoms with E-state index in [0.717, 1.165) is 0 Å². The number of aryl methyl sites for hydroxylation is 1. The van der Waals surface area contributed by atoms with E-state index in [1.807, 2.05) is 0 Å². The molecule has 0 fully saturated rings. The van der Waals surface area contributed by atoms with E-state index in [4.69, 9.17) is 11.6 Å². The molecule has 0 atom stereocenters. The van der Waals surface area contributed by atoms with Gasteiger partial charge in [-0.3, -0.25) is 4.79 Å². The van der Waals surface area contributed by atoms with Crippen LogP contribution < -0.4 is 0 Å². The molecule has 1 nitrogen and oxygen atoms in total. The predicted molar refractivity (Wildman–Crippen MR) is 50.8 cm³/mol. The SMILES string of the molecule is Cc1cccc(C(F)(F)C(=O)CCl)c1. The van der Waals surface area contributed by atoms with Crippen LogP contribution in [0.25, 0.3) is 0 Å². The molecule has 0 spiro atoms. The van der Waals surface area contributed by atoms with E-state index in [1.165, 1.54) is 18.2 Å². The zero-order valence-electron chi connectivity index (χ0n) is 7.56. The maximum Gasteiger partial charge on any atom is 0.331 e. The number of benzene rings is 1. The van der Waals surface area contributed by atoms with Gasteiger partial charge in [-0.2, -0.15) is 8.78 Å². The molecule has 14 heavy (non-hydrogen) atoms. The van der Waals surface area contributed by atoms with Crippen LogP contribution >= 0.6 is 11.6 Å². The van der Waals surface area contributed by atoms with Gasteiger partial charge in [-0.1, -0.05) is 23.8 Å². The Labute approximate surface area is 85.7 Å². The second kappa shape index (κ2) is 4.05. The van der Waals surface area contributed by atoms with Crippen LogP contribution in [0, 0.1) is 6.92 Å². The standard InChI is InChI=1S/C10H9ClF2O/c1-7-3-2-4-8(5-7)10(12,13)9(14)6-11/h2-5H,6H2,1H3. The fourth-order valence-corrected chi connectivity index (χ4v) is 1.25. The average molecular weight is 219 g/mol. The Kier molecular flexibility index (Phi) is 3.21. The van der Waals surface area contributed by atoms with E-state index in [0.29, 0.717) is 5.56 Å². The number of ketones is 1. The van der Waals surface area contributed by atoms with Crippen molar-refractivity contribution in [2.75, 3.05) is 5.88 Å². The number of hydrogen-bond acceptors (Lipinski definition) is 1. The quantitative estimate of drug-likeness (QED) is 0.713. The van der Waals surface area contributed by atoms with Gasteiger partial charge in [0.1, 0.15) is 0 Å². The van der Waals surface area contributed by atoms with Crippen LogP contribution in [0.5, 0.6) is 0 Å². The number of carbonyl (C=O) groups is 1. The van der Waals surface area contributed by atoms with E-state index in [9.17, 15) is 13.6 Å². The van der Waals surface area contributed by atoms with Crippen molar-refractivity contribution in [1.82, 2.24) is 0 Å². The highest BCUT2D eigenvalue weighted by Gasteiger charge is 2.39. The smallest absolute Gasteiger partial charge is 0.291 e. The summed E-state index contributed by atoms with van der Waals surface area (Å²) in [6.45, 7) is 1.69. The first-order valence-corrected chi connectivity index (χ1v) is 4.56. The van der Waals surface area contributed by atoms with Crippen LogP contribution in [0.2, 0.25) is 0 Å². The summed E-state index contributed by atoms with van der Waals surface area (Å²) >= 11 is 5.10. The van der Waals surface area contributed by atoms with Crippen LogP contribution in [-0.4, -0.2) is 11.7 Å². The van der Waals surface area contributed by atoms with Crippen molar-refractivity contribution in [1.29, 1.82) is 0 Å². The molecule has 0 aromatic heterocycles. The maximum atomic E-state index is 13.3. The Hall–Kier alpha value is -0.960. The lowest BCUT2D eigenvalue weighted by atomic mass is 10.0. The van der Waals surface area contributed by atoms with Crippen molar-refractivity contribution in [3.05, 3.63) is 35.4 Å². The molecule has 1 aromatic carbocycles. The molecule has 0 saturated carbocycles. The molecule has 0 unspecified atom stereocenters. The van der Waals surface area contributed by atoms with Crippen LogP contribution in [0.3, 0.4) is 0 Å². The molecule has 4 heteroatoms. The first-order valence-electron chi connectivity index (χ1n) is 4.02. The Balaban J connectivity index is 3.09. The molecule has 0 amide bonds. The van der Waals surface area contributed by atoms with Crippen molar-refractivity contribution < 1.29 is 13.6 Å². The molecular formula is C10H9ClF2O. The zero-order valence-corrected chi connectivity index (χ0v) is 8.31. The number of rotatable bonds is 3. The third kappa shape index (κ3) is 2.10. The first kappa shape index (κ1) is 11.1. The van der Waals surface area contributed by atoms with Gasteiger partial charge in [0, 0.05) is 5.56 Å². The van der Waals surface area contributed by atoms with Crippen molar-refractivity contribution >= 4 is 17.4 Å². The minimum atomic E-state index is -3.48. The van der Waals surface area contributed by atoms with Gasteiger partial charge in [-0.25, -0.2) is 0 Å². The van der Waals surface area contributed by atoms with E-state index in [1.54, 1.807) is 13.0 Å². The molecule has 0 N–H and O–H groups in total.